The molecule has 0 N–H and O–H groups in total. The van der Waals surface area contributed by atoms with E-state index in [2.05, 4.69) is 0 Å². The van der Waals surface area contributed by atoms with Crippen molar-refractivity contribution in [2.45, 2.75) is 32.4 Å². The topological polar surface area (TPSA) is 29.5 Å². The first-order valence-electron chi connectivity index (χ1n) is 6.25. The molecule has 0 radical (unpaired) electrons. The van der Waals surface area contributed by atoms with E-state index >= 15 is 0 Å². The minimum Gasteiger partial charge on any atom is -0.379 e. The number of carbonyl (C=O) groups is 1. The third kappa shape index (κ3) is 2.70. The Kier molecular flexibility index (Phi) is 3.97. The Morgan fingerprint density at radius 3 is 2.83 bits per heavy atom. The summed E-state index contributed by atoms with van der Waals surface area (Å²) in [7, 11) is 0. The Morgan fingerprint density at radius 2 is 2.28 bits per heavy atom. The van der Waals surface area contributed by atoms with Crippen LogP contribution in [-0.4, -0.2) is 36.1 Å². The predicted molar refractivity (Wildman–Crippen MR) is 66.9 cm³/mol. The molecule has 0 bridgehead atoms. The van der Waals surface area contributed by atoms with Crippen LogP contribution >= 0.6 is 0 Å². The van der Waals surface area contributed by atoms with Crippen LogP contribution in [0.5, 0.6) is 0 Å². The monoisotopic (exact) mass is 251 g/mol. The zero-order chi connectivity index (χ0) is 13.1. The summed E-state index contributed by atoms with van der Waals surface area (Å²) in [5, 5.41) is 0. The van der Waals surface area contributed by atoms with Crippen molar-refractivity contribution in [3.63, 3.8) is 0 Å². The van der Waals surface area contributed by atoms with Gasteiger partial charge in [-0.2, -0.15) is 0 Å². The number of amides is 1. The first-order valence-corrected chi connectivity index (χ1v) is 6.25. The normalized spacial score (nSPS) is 19.2. The van der Waals surface area contributed by atoms with Gasteiger partial charge in [-0.25, -0.2) is 4.39 Å². The van der Waals surface area contributed by atoms with E-state index in [-0.39, 0.29) is 23.8 Å². The van der Waals surface area contributed by atoms with E-state index in [0.717, 1.165) is 6.42 Å². The zero-order valence-corrected chi connectivity index (χ0v) is 10.7. The summed E-state index contributed by atoms with van der Waals surface area (Å²) in [5.74, 6) is -0.507. The summed E-state index contributed by atoms with van der Waals surface area (Å²) in [4.78, 5) is 14.2. The third-order valence-electron chi connectivity index (χ3n) is 3.16. The van der Waals surface area contributed by atoms with Crippen molar-refractivity contribution < 1.29 is 13.9 Å². The Hall–Kier alpha value is -1.42. The molecular formula is C14H18FNO2. The molecule has 1 fully saturated rings. The number of ether oxygens (including phenoxy) is 1. The lowest BCUT2D eigenvalue weighted by atomic mass is 10.1. The molecule has 1 saturated heterocycles. The van der Waals surface area contributed by atoms with Crippen LogP contribution in [0.1, 0.15) is 30.6 Å². The number of hydrogen-bond donors (Lipinski definition) is 0. The molecule has 1 aliphatic rings. The fourth-order valence-corrected chi connectivity index (χ4v) is 2.33. The molecule has 0 unspecified atom stereocenters. The Morgan fingerprint density at radius 1 is 1.50 bits per heavy atom. The second kappa shape index (κ2) is 5.48. The summed E-state index contributed by atoms with van der Waals surface area (Å²) < 4.78 is 18.5. The highest BCUT2D eigenvalue weighted by Crippen LogP contribution is 2.19. The van der Waals surface area contributed by atoms with Crippen molar-refractivity contribution in [1.29, 1.82) is 0 Å². The third-order valence-corrected chi connectivity index (χ3v) is 3.16. The Balaban J connectivity index is 2.22. The van der Waals surface area contributed by atoms with Crippen molar-refractivity contribution >= 4 is 5.91 Å². The van der Waals surface area contributed by atoms with Crippen LogP contribution in [0.4, 0.5) is 4.39 Å². The van der Waals surface area contributed by atoms with Crippen molar-refractivity contribution in [1.82, 2.24) is 4.90 Å². The highest BCUT2D eigenvalue weighted by Gasteiger charge is 2.30. The van der Waals surface area contributed by atoms with E-state index in [9.17, 15) is 9.18 Å². The lowest BCUT2D eigenvalue weighted by Crippen LogP contribution is -2.45. The van der Waals surface area contributed by atoms with Gasteiger partial charge in [0.05, 0.1) is 12.6 Å². The summed E-state index contributed by atoms with van der Waals surface area (Å²) >= 11 is 0. The fraction of sp³-hybridized carbons (Fsp3) is 0.500. The molecule has 0 saturated carbocycles. The lowest BCUT2D eigenvalue weighted by molar-refractivity contribution is 0.0581. The maximum Gasteiger partial charge on any atom is 0.254 e. The van der Waals surface area contributed by atoms with E-state index in [4.69, 9.17) is 4.74 Å². The lowest BCUT2D eigenvalue weighted by Gasteiger charge is -2.32. The molecule has 1 atom stereocenters. The highest BCUT2D eigenvalue weighted by molar-refractivity contribution is 5.94. The van der Waals surface area contributed by atoms with E-state index < -0.39 is 0 Å². The molecule has 4 heteroatoms. The number of carbonyl (C=O) groups excluding carboxylic acids is 1. The van der Waals surface area contributed by atoms with E-state index in [1.807, 2.05) is 13.8 Å². The zero-order valence-electron chi connectivity index (χ0n) is 10.7. The molecule has 0 aromatic heterocycles. The molecular weight excluding hydrogens is 233 g/mol. The van der Waals surface area contributed by atoms with Crippen LogP contribution in [0.3, 0.4) is 0 Å². The molecule has 98 valence electrons. The van der Waals surface area contributed by atoms with Gasteiger partial charge in [0.15, 0.2) is 0 Å². The van der Waals surface area contributed by atoms with Crippen LogP contribution in [0.15, 0.2) is 24.3 Å². The summed E-state index contributed by atoms with van der Waals surface area (Å²) in [6, 6.07) is 6.01. The highest BCUT2D eigenvalue weighted by atomic mass is 19.1. The van der Waals surface area contributed by atoms with E-state index in [1.165, 1.54) is 12.1 Å². The Labute approximate surface area is 107 Å². The van der Waals surface area contributed by atoms with E-state index in [0.29, 0.717) is 18.8 Å². The van der Waals surface area contributed by atoms with Crippen LogP contribution in [-0.2, 0) is 4.74 Å². The van der Waals surface area contributed by atoms with Gasteiger partial charge < -0.3 is 9.64 Å². The molecule has 2 rings (SSSR count). The smallest absolute Gasteiger partial charge is 0.254 e. The van der Waals surface area contributed by atoms with Crippen LogP contribution in [0, 0.1) is 5.82 Å². The molecule has 0 spiro atoms. The molecule has 3 nitrogen and oxygen atoms in total. The van der Waals surface area contributed by atoms with Gasteiger partial charge in [-0.05, 0) is 38.5 Å². The first-order chi connectivity index (χ1) is 8.59. The predicted octanol–water partition coefficient (Wildman–Crippen LogP) is 2.47. The molecule has 1 aromatic rings. The molecule has 1 aromatic carbocycles. The number of halogens is 1. The van der Waals surface area contributed by atoms with Gasteiger partial charge in [-0.3, -0.25) is 4.79 Å². The van der Waals surface area contributed by atoms with Crippen LogP contribution < -0.4 is 0 Å². The van der Waals surface area contributed by atoms with Gasteiger partial charge in [0.25, 0.3) is 5.91 Å². The molecule has 1 aliphatic heterocycles. The number of nitrogens with zero attached hydrogens (tertiary/aromatic N) is 1. The quantitative estimate of drug-likeness (QED) is 0.826. The van der Waals surface area contributed by atoms with Crippen molar-refractivity contribution in [3.05, 3.63) is 35.6 Å². The van der Waals surface area contributed by atoms with Crippen molar-refractivity contribution in [2.24, 2.45) is 0 Å². The molecule has 1 amide bonds. The second-order valence-corrected chi connectivity index (χ2v) is 4.83. The van der Waals surface area contributed by atoms with Crippen molar-refractivity contribution in [2.75, 3.05) is 13.2 Å². The van der Waals surface area contributed by atoms with Crippen molar-refractivity contribution in [3.8, 4) is 0 Å². The maximum atomic E-state index is 13.2. The maximum absolute atomic E-state index is 13.2. The Bertz CT molecular complexity index is 428. The second-order valence-electron chi connectivity index (χ2n) is 4.83. The average Bonchev–Trinajstić information content (AvgIpc) is 2.82. The summed E-state index contributed by atoms with van der Waals surface area (Å²) in [6.45, 7) is 5.19. The molecule has 18 heavy (non-hydrogen) atoms. The summed E-state index contributed by atoms with van der Waals surface area (Å²) in [6.07, 6.45) is 0.846. The fourth-order valence-electron chi connectivity index (χ4n) is 2.33. The minimum absolute atomic E-state index is 0.0764. The van der Waals surface area contributed by atoms with E-state index in [1.54, 1.807) is 17.0 Å². The van der Waals surface area contributed by atoms with Gasteiger partial charge >= 0.3 is 0 Å². The molecule has 0 aliphatic carbocycles. The van der Waals surface area contributed by atoms with Crippen LogP contribution in [0.2, 0.25) is 0 Å². The number of rotatable bonds is 3. The van der Waals surface area contributed by atoms with Gasteiger partial charge in [0, 0.05) is 18.2 Å². The summed E-state index contributed by atoms with van der Waals surface area (Å²) in [5.41, 5.74) is 0.399. The van der Waals surface area contributed by atoms with Gasteiger partial charge in [0.2, 0.25) is 0 Å². The van der Waals surface area contributed by atoms with Gasteiger partial charge in [-0.15, -0.1) is 0 Å². The minimum atomic E-state index is -0.382. The number of benzene rings is 1. The average molecular weight is 251 g/mol. The van der Waals surface area contributed by atoms with Gasteiger partial charge in [-0.1, -0.05) is 6.07 Å². The number of hydrogen-bond acceptors (Lipinski definition) is 2. The SMILES string of the molecule is CC(C)N(C(=O)c1cccc(F)c1)[C@H]1CCOC1. The standard InChI is InChI=1S/C14H18FNO2/c1-10(2)16(13-6-7-18-9-13)14(17)11-4-3-5-12(15)8-11/h3-5,8,10,13H,6-7,9H2,1-2H3/t13-/m0/s1. The van der Waals surface area contributed by atoms with Gasteiger partial charge in [0.1, 0.15) is 5.82 Å². The van der Waals surface area contributed by atoms with Crippen LogP contribution in [0.25, 0.3) is 0 Å². The largest absolute Gasteiger partial charge is 0.379 e. The first kappa shape index (κ1) is 13.0. The molecule has 1 heterocycles.